The van der Waals surface area contributed by atoms with Crippen molar-refractivity contribution < 1.29 is 10.0 Å². The molecule has 2 N–H and O–H groups in total. The summed E-state index contributed by atoms with van der Waals surface area (Å²) in [6.45, 7) is 0. The Morgan fingerprint density at radius 3 is 2.41 bits per heavy atom. The second kappa shape index (κ2) is 4.62. The maximum atomic E-state index is 10.4. The fourth-order valence-corrected chi connectivity index (χ4v) is 1.95. The van der Waals surface area contributed by atoms with Gasteiger partial charge >= 0.3 is 5.69 Å². The van der Waals surface area contributed by atoms with E-state index in [0.717, 1.165) is 31.7 Å². The lowest BCUT2D eigenvalue weighted by atomic mass is 9.92. The molecule has 0 saturated heterocycles. The maximum Gasteiger partial charge on any atom is 0.305 e. The summed E-state index contributed by atoms with van der Waals surface area (Å²) < 4.78 is 0. The van der Waals surface area contributed by atoms with Crippen molar-refractivity contribution in [3.63, 3.8) is 0 Å². The van der Waals surface area contributed by atoms with Gasteiger partial charge in [0.25, 0.3) is 0 Å². The molecule has 17 heavy (non-hydrogen) atoms. The third-order valence-corrected chi connectivity index (χ3v) is 2.87. The number of nitro groups is 1. The highest BCUT2D eigenvalue weighted by Gasteiger charge is 2.29. The van der Waals surface area contributed by atoms with Crippen LogP contribution in [0.3, 0.4) is 0 Å². The van der Waals surface area contributed by atoms with Gasteiger partial charge in [-0.15, -0.1) is 0 Å². The highest BCUT2D eigenvalue weighted by Crippen LogP contribution is 2.28. The molecule has 0 aromatic carbocycles. The average molecular weight is 238 g/mol. The van der Waals surface area contributed by atoms with E-state index in [4.69, 9.17) is 0 Å². The summed E-state index contributed by atoms with van der Waals surface area (Å²) in [5.74, 6) is 0.222. The Kier molecular flexibility index (Phi) is 3.19. The molecule has 0 unspecified atom stereocenters. The number of aliphatic hydroxyl groups is 1. The fourth-order valence-electron chi connectivity index (χ4n) is 1.95. The molecule has 2 rings (SSSR count). The van der Waals surface area contributed by atoms with Gasteiger partial charge in [-0.2, -0.15) is 0 Å². The van der Waals surface area contributed by atoms with Gasteiger partial charge in [-0.05, 0) is 25.7 Å². The molecular formula is C10H14N4O3. The minimum atomic E-state index is -0.978. The number of aromatic nitrogens is 2. The van der Waals surface area contributed by atoms with Crippen LogP contribution in [0.25, 0.3) is 0 Å². The van der Waals surface area contributed by atoms with Crippen molar-refractivity contribution in [3.05, 3.63) is 22.5 Å². The predicted molar refractivity (Wildman–Crippen MR) is 60.3 cm³/mol. The summed E-state index contributed by atoms with van der Waals surface area (Å²) in [7, 11) is 0. The highest BCUT2D eigenvalue weighted by atomic mass is 16.6. The van der Waals surface area contributed by atoms with Crippen LogP contribution in [-0.4, -0.2) is 25.7 Å². The van der Waals surface area contributed by atoms with Gasteiger partial charge in [-0.1, -0.05) is 6.42 Å². The van der Waals surface area contributed by atoms with E-state index in [-0.39, 0.29) is 11.6 Å². The van der Waals surface area contributed by atoms with Gasteiger partial charge in [0.2, 0.25) is 5.95 Å². The summed E-state index contributed by atoms with van der Waals surface area (Å²) in [6.07, 6.45) is 6.57. The Morgan fingerprint density at radius 1 is 1.29 bits per heavy atom. The molecule has 0 spiro atoms. The monoisotopic (exact) mass is 238 g/mol. The normalized spacial score (nSPS) is 18.6. The quantitative estimate of drug-likeness (QED) is 0.469. The van der Waals surface area contributed by atoms with Crippen LogP contribution in [0.2, 0.25) is 0 Å². The van der Waals surface area contributed by atoms with Crippen LogP contribution in [0.1, 0.15) is 32.1 Å². The standard InChI is InChI=1S/C10H14N4O3/c15-10(4-2-1-3-5-10)13-9-11-6-8(7-12-9)14(16)17/h6-7,15H,1-5H2,(H,11,12,13). The van der Waals surface area contributed by atoms with E-state index in [1.807, 2.05) is 0 Å². The number of nitrogens with zero attached hydrogens (tertiary/aromatic N) is 3. The Balaban J connectivity index is 2.05. The van der Waals surface area contributed by atoms with Gasteiger partial charge in [0.15, 0.2) is 0 Å². The number of hydrogen-bond donors (Lipinski definition) is 2. The molecule has 1 aliphatic rings. The summed E-state index contributed by atoms with van der Waals surface area (Å²) in [5.41, 5.74) is -1.14. The SMILES string of the molecule is O=[N+]([O-])c1cnc(NC2(O)CCCCC2)nc1. The minimum absolute atomic E-state index is 0.161. The number of anilines is 1. The molecule has 1 aromatic heterocycles. The molecule has 7 heteroatoms. The Bertz CT molecular complexity index is 401. The largest absolute Gasteiger partial charge is 0.371 e. The summed E-state index contributed by atoms with van der Waals surface area (Å²) in [5, 5.41) is 23.4. The summed E-state index contributed by atoms with van der Waals surface area (Å²) in [4.78, 5) is 17.5. The molecule has 7 nitrogen and oxygen atoms in total. The molecule has 1 aromatic rings. The number of nitrogens with one attached hydrogen (secondary N) is 1. The van der Waals surface area contributed by atoms with Crippen LogP contribution in [0.4, 0.5) is 11.6 Å². The lowest BCUT2D eigenvalue weighted by Gasteiger charge is -2.32. The topological polar surface area (TPSA) is 101 Å². The second-order valence-electron chi connectivity index (χ2n) is 4.24. The van der Waals surface area contributed by atoms with Crippen LogP contribution in [0, 0.1) is 10.1 Å². The van der Waals surface area contributed by atoms with Gasteiger partial charge in [0, 0.05) is 0 Å². The van der Waals surface area contributed by atoms with Gasteiger partial charge in [-0.3, -0.25) is 10.1 Å². The zero-order valence-electron chi connectivity index (χ0n) is 9.30. The molecule has 1 heterocycles. The van der Waals surface area contributed by atoms with Crippen molar-refractivity contribution in [2.24, 2.45) is 0 Å². The van der Waals surface area contributed by atoms with Gasteiger partial charge < -0.3 is 10.4 Å². The van der Waals surface area contributed by atoms with Gasteiger partial charge in [0.1, 0.15) is 18.1 Å². The van der Waals surface area contributed by atoms with E-state index in [2.05, 4.69) is 15.3 Å². The van der Waals surface area contributed by atoms with E-state index < -0.39 is 10.6 Å². The average Bonchev–Trinajstić information content (AvgIpc) is 2.30. The van der Waals surface area contributed by atoms with Crippen LogP contribution < -0.4 is 5.32 Å². The van der Waals surface area contributed by atoms with E-state index in [0.29, 0.717) is 12.8 Å². The first-order chi connectivity index (χ1) is 8.09. The molecule has 1 fully saturated rings. The van der Waals surface area contributed by atoms with E-state index >= 15 is 0 Å². The van der Waals surface area contributed by atoms with Crippen molar-refractivity contribution in [3.8, 4) is 0 Å². The van der Waals surface area contributed by atoms with Crippen LogP contribution in [-0.2, 0) is 0 Å². The van der Waals surface area contributed by atoms with Crippen molar-refractivity contribution >= 4 is 11.6 Å². The molecule has 0 aliphatic heterocycles. The van der Waals surface area contributed by atoms with E-state index in [9.17, 15) is 15.2 Å². The van der Waals surface area contributed by atoms with E-state index in [1.54, 1.807) is 0 Å². The van der Waals surface area contributed by atoms with Gasteiger partial charge in [-0.25, -0.2) is 9.97 Å². The molecule has 92 valence electrons. The third kappa shape index (κ3) is 2.88. The molecule has 0 bridgehead atoms. The molecule has 0 atom stereocenters. The van der Waals surface area contributed by atoms with Crippen molar-refractivity contribution in [2.75, 3.05) is 5.32 Å². The third-order valence-electron chi connectivity index (χ3n) is 2.87. The first kappa shape index (κ1) is 11.7. The zero-order valence-corrected chi connectivity index (χ0v) is 9.30. The van der Waals surface area contributed by atoms with E-state index in [1.165, 1.54) is 0 Å². The molecule has 1 saturated carbocycles. The Morgan fingerprint density at radius 2 is 1.88 bits per heavy atom. The molecule has 0 radical (unpaired) electrons. The summed E-state index contributed by atoms with van der Waals surface area (Å²) >= 11 is 0. The number of rotatable bonds is 3. The second-order valence-corrected chi connectivity index (χ2v) is 4.24. The van der Waals surface area contributed by atoms with Crippen LogP contribution >= 0.6 is 0 Å². The van der Waals surface area contributed by atoms with Gasteiger partial charge in [0.05, 0.1) is 4.92 Å². The smallest absolute Gasteiger partial charge is 0.305 e. The Labute approximate surface area is 98.1 Å². The Hall–Kier alpha value is -1.76. The summed E-state index contributed by atoms with van der Waals surface area (Å²) in [6, 6.07) is 0. The molecule has 1 aliphatic carbocycles. The van der Waals surface area contributed by atoms with Crippen molar-refractivity contribution in [2.45, 2.75) is 37.8 Å². The molecular weight excluding hydrogens is 224 g/mol. The first-order valence-electron chi connectivity index (χ1n) is 5.56. The van der Waals surface area contributed by atoms with Crippen LogP contribution in [0.15, 0.2) is 12.4 Å². The fraction of sp³-hybridized carbons (Fsp3) is 0.600. The first-order valence-corrected chi connectivity index (χ1v) is 5.56. The number of hydrogen-bond acceptors (Lipinski definition) is 6. The van der Waals surface area contributed by atoms with Crippen LogP contribution in [0.5, 0.6) is 0 Å². The van der Waals surface area contributed by atoms with Crippen molar-refractivity contribution in [1.82, 2.24) is 9.97 Å². The highest BCUT2D eigenvalue weighted by molar-refractivity contribution is 5.32. The lowest BCUT2D eigenvalue weighted by molar-refractivity contribution is -0.385. The minimum Gasteiger partial charge on any atom is -0.371 e. The zero-order chi connectivity index (χ0) is 12.3. The molecule has 0 amide bonds. The van der Waals surface area contributed by atoms with Crippen molar-refractivity contribution in [1.29, 1.82) is 0 Å². The predicted octanol–water partition coefficient (Wildman–Crippen LogP) is 1.45. The maximum absolute atomic E-state index is 10.4. The lowest BCUT2D eigenvalue weighted by Crippen LogP contribution is -2.40.